The smallest absolute Gasteiger partial charge is 0.234 e. The minimum absolute atomic E-state index is 0.204. The average molecular weight is 288 g/mol. The topological polar surface area (TPSA) is 61.6 Å². The van der Waals surface area contributed by atoms with Crippen molar-refractivity contribution in [2.45, 2.75) is 31.3 Å². The van der Waals surface area contributed by atoms with Gasteiger partial charge >= 0.3 is 0 Å². The quantitative estimate of drug-likeness (QED) is 0.818. The van der Waals surface area contributed by atoms with Gasteiger partial charge in [0.15, 0.2) is 0 Å². The molecule has 114 valence electrons. The second-order valence-corrected chi connectivity index (χ2v) is 6.08. The Balaban J connectivity index is 1.64. The first-order valence-corrected chi connectivity index (χ1v) is 7.75. The number of likely N-dealkylation sites (N-methyl/N-ethyl adjacent to an activating group) is 1. The Bertz CT molecular complexity index is 515. The number of fused-ring (bicyclic) bond motifs is 1. The Kier molecular flexibility index (Phi) is 4.01. The lowest BCUT2D eigenvalue weighted by Crippen LogP contribution is -2.46. The fraction of sp³-hybridized carbons (Fsp3) is 0.562. The van der Waals surface area contributed by atoms with Crippen LogP contribution in [0.4, 0.5) is 11.4 Å². The van der Waals surface area contributed by atoms with Gasteiger partial charge in [0.2, 0.25) is 5.91 Å². The number of benzene rings is 1. The van der Waals surface area contributed by atoms with E-state index in [1.807, 2.05) is 0 Å². The van der Waals surface area contributed by atoms with E-state index in [0.717, 1.165) is 26.1 Å². The zero-order valence-corrected chi connectivity index (χ0v) is 12.6. The lowest BCUT2D eigenvalue weighted by Gasteiger charge is -2.37. The Morgan fingerprint density at radius 1 is 1.33 bits per heavy atom. The van der Waals surface area contributed by atoms with Crippen molar-refractivity contribution >= 4 is 17.3 Å². The van der Waals surface area contributed by atoms with Gasteiger partial charge in [0, 0.05) is 32.7 Å². The summed E-state index contributed by atoms with van der Waals surface area (Å²) in [5, 5.41) is 3.35. The van der Waals surface area contributed by atoms with Crippen molar-refractivity contribution in [2.75, 3.05) is 36.5 Å². The van der Waals surface area contributed by atoms with Gasteiger partial charge in [-0.2, -0.15) is 0 Å². The molecule has 1 atom stereocenters. The first kappa shape index (κ1) is 14.2. The van der Waals surface area contributed by atoms with Gasteiger partial charge in [-0.3, -0.25) is 4.79 Å². The number of amides is 1. The summed E-state index contributed by atoms with van der Waals surface area (Å²) in [5.41, 5.74) is 8.03. The van der Waals surface area contributed by atoms with Gasteiger partial charge < -0.3 is 20.9 Å². The van der Waals surface area contributed by atoms with Gasteiger partial charge in [-0.15, -0.1) is 0 Å². The molecular formula is C16H24N4O. The van der Waals surface area contributed by atoms with E-state index in [-0.39, 0.29) is 11.9 Å². The second-order valence-electron chi connectivity index (χ2n) is 6.08. The van der Waals surface area contributed by atoms with E-state index in [2.05, 4.69) is 46.4 Å². The van der Waals surface area contributed by atoms with Gasteiger partial charge in [0.05, 0.1) is 17.4 Å². The summed E-state index contributed by atoms with van der Waals surface area (Å²) in [6.07, 6.45) is 3.10. The molecule has 5 nitrogen and oxygen atoms in total. The zero-order chi connectivity index (χ0) is 14.8. The summed E-state index contributed by atoms with van der Waals surface area (Å²) in [4.78, 5) is 16.2. The highest BCUT2D eigenvalue weighted by atomic mass is 16.1. The van der Waals surface area contributed by atoms with E-state index < -0.39 is 0 Å². The molecule has 0 radical (unpaired) electrons. The summed E-state index contributed by atoms with van der Waals surface area (Å²) < 4.78 is 0. The Morgan fingerprint density at radius 3 is 2.71 bits per heavy atom. The van der Waals surface area contributed by atoms with E-state index in [0.29, 0.717) is 6.04 Å². The molecule has 0 aromatic heterocycles. The number of anilines is 2. The highest BCUT2D eigenvalue weighted by Gasteiger charge is 2.28. The molecule has 2 aliphatic rings. The first-order chi connectivity index (χ1) is 10.1. The largest absolute Gasteiger partial charge is 0.371 e. The number of hydrogen-bond donors (Lipinski definition) is 2. The highest BCUT2D eigenvalue weighted by Crippen LogP contribution is 2.31. The Labute approximate surface area is 126 Å². The van der Waals surface area contributed by atoms with E-state index in [1.54, 1.807) is 0 Å². The molecule has 1 amide bonds. The third-order valence-electron chi connectivity index (χ3n) is 4.38. The number of hydrogen-bond acceptors (Lipinski definition) is 4. The van der Waals surface area contributed by atoms with Crippen LogP contribution in [-0.2, 0) is 4.79 Å². The van der Waals surface area contributed by atoms with Crippen LogP contribution < -0.4 is 20.9 Å². The molecule has 1 aliphatic carbocycles. The number of rotatable bonds is 6. The fourth-order valence-corrected chi connectivity index (χ4v) is 2.93. The maximum absolute atomic E-state index is 11.6. The molecule has 1 aromatic rings. The molecule has 1 aromatic carbocycles. The van der Waals surface area contributed by atoms with Crippen LogP contribution in [0.5, 0.6) is 0 Å². The molecule has 1 heterocycles. The Morgan fingerprint density at radius 2 is 2.05 bits per heavy atom. The predicted octanol–water partition coefficient (Wildman–Crippen LogP) is 0.939. The van der Waals surface area contributed by atoms with Crippen LogP contribution in [0.2, 0.25) is 0 Å². The standard InChI is InChI=1S/C16H24N4O/c1-19-10-11-20(15-5-3-2-4-14(15)19)9-8-13(16(17)21)18-12-6-7-12/h2-5,12-13,18H,6-11H2,1H3,(H2,17,21). The van der Waals surface area contributed by atoms with Crippen molar-refractivity contribution in [3.8, 4) is 0 Å². The summed E-state index contributed by atoms with van der Waals surface area (Å²) in [5.74, 6) is -0.232. The number of carbonyl (C=O) groups excluding carboxylic acids is 1. The van der Waals surface area contributed by atoms with E-state index in [9.17, 15) is 4.79 Å². The molecule has 1 fully saturated rings. The van der Waals surface area contributed by atoms with Crippen LogP contribution in [0, 0.1) is 0 Å². The van der Waals surface area contributed by atoms with Crippen LogP contribution in [0.1, 0.15) is 19.3 Å². The molecule has 0 saturated heterocycles. The SMILES string of the molecule is CN1CCN(CCC(NC2CC2)C(N)=O)c2ccccc21. The second kappa shape index (κ2) is 5.93. The van der Waals surface area contributed by atoms with Gasteiger partial charge in [-0.25, -0.2) is 0 Å². The molecule has 0 spiro atoms. The van der Waals surface area contributed by atoms with Crippen molar-refractivity contribution in [1.82, 2.24) is 5.32 Å². The number of carbonyl (C=O) groups is 1. The number of nitrogens with zero attached hydrogens (tertiary/aromatic N) is 2. The Hall–Kier alpha value is -1.75. The van der Waals surface area contributed by atoms with Crippen LogP contribution >= 0.6 is 0 Å². The first-order valence-electron chi connectivity index (χ1n) is 7.75. The van der Waals surface area contributed by atoms with E-state index >= 15 is 0 Å². The highest BCUT2D eigenvalue weighted by molar-refractivity contribution is 5.80. The van der Waals surface area contributed by atoms with Crippen molar-refractivity contribution in [3.63, 3.8) is 0 Å². The van der Waals surface area contributed by atoms with Gasteiger partial charge in [-0.1, -0.05) is 12.1 Å². The van der Waals surface area contributed by atoms with Crippen molar-refractivity contribution < 1.29 is 4.79 Å². The molecule has 0 bridgehead atoms. The summed E-state index contributed by atoms with van der Waals surface area (Å²) in [6, 6.07) is 8.74. The van der Waals surface area contributed by atoms with Gasteiger partial charge in [-0.05, 0) is 31.4 Å². The lowest BCUT2D eigenvalue weighted by atomic mass is 10.1. The maximum atomic E-state index is 11.6. The average Bonchev–Trinajstić information content (AvgIpc) is 3.29. The normalized spacial score (nSPS) is 19.3. The number of nitrogens with one attached hydrogen (secondary N) is 1. The predicted molar refractivity (Wildman–Crippen MR) is 85.7 cm³/mol. The molecule has 21 heavy (non-hydrogen) atoms. The molecule has 1 aliphatic heterocycles. The molecular weight excluding hydrogens is 264 g/mol. The maximum Gasteiger partial charge on any atom is 0.234 e. The number of para-hydroxylation sites is 2. The summed E-state index contributed by atoms with van der Waals surface area (Å²) >= 11 is 0. The van der Waals surface area contributed by atoms with Crippen LogP contribution in [-0.4, -0.2) is 44.7 Å². The molecule has 5 heteroatoms. The van der Waals surface area contributed by atoms with Crippen molar-refractivity contribution in [2.24, 2.45) is 5.73 Å². The molecule has 1 saturated carbocycles. The summed E-state index contributed by atoms with van der Waals surface area (Å²) in [7, 11) is 2.12. The van der Waals surface area contributed by atoms with E-state index in [1.165, 1.54) is 24.2 Å². The number of primary amides is 1. The molecule has 1 unspecified atom stereocenters. The third-order valence-corrected chi connectivity index (χ3v) is 4.38. The molecule has 3 N–H and O–H groups in total. The van der Waals surface area contributed by atoms with E-state index in [4.69, 9.17) is 5.73 Å². The molecule has 3 rings (SSSR count). The lowest BCUT2D eigenvalue weighted by molar-refractivity contribution is -0.120. The fourth-order valence-electron chi connectivity index (χ4n) is 2.93. The van der Waals surface area contributed by atoms with Gasteiger partial charge in [0.25, 0.3) is 0 Å². The summed E-state index contributed by atoms with van der Waals surface area (Å²) in [6.45, 7) is 2.86. The van der Waals surface area contributed by atoms with Crippen LogP contribution in [0.25, 0.3) is 0 Å². The zero-order valence-electron chi connectivity index (χ0n) is 12.6. The van der Waals surface area contributed by atoms with Crippen molar-refractivity contribution in [1.29, 1.82) is 0 Å². The van der Waals surface area contributed by atoms with Crippen LogP contribution in [0.15, 0.2) is 24.3 Å². The monoisotopic (exact) mass is 288 g/mol. The number of nitrogens with two attached hydrogens (primary N) is 1. The minimum Gasteiger partial charge on any atom is -0.371 e. The van der Waals surface area contributed by atoms with Crippen LogP contribution in [0.3, 0.4) is 0 Å². The third kappa shape index (κ3) is 3.29. The van der Waals surface area contributed by atoms with Gasteiger partial charge in [0.1, 0.15) is 0 Å². The minimum atomic E-state index is -0.232. The van der Waals surface area contributed by atoms with Crippen molar-refractivity contribution in [3.05, 3.63) is 24.3 Å².